The molecule has 0 atom stereocenters. The lowest BCUT2D eigenvalue weighted by molar-refractivity contribution is -0.113. The van der Waals surface area contributed by atoms with E-state index in [1.165, 1.54) is 7.11 Å². The molecule has 0 saturated heterocycles. The molecule has 0 unspecified atom stereocenters. The van der Waals surface area contributed by atoms with E-state index < -0.39 is 0 Å². The van der Waals surface area contributed by atoms with Crippen LogP contribution in [0.25, 0.3) is 5.57 Å². The van der Waals surface area contributed by atoms with Crippen LogP contribution in [0.15, 0.2) is 48.2 Å². The van der Waals surface area contributed by atoms with Crippen molar-refractivity contribution >= 4 is 11.4 Å². The minimum absolute atomic E-state index is 0.0435. The smallest absolute Gasteiger partial charge is 0.227 e. The number of carbonyl (C=O) groups is 1. The first kappa shape index (κ1) is 11.6. The van der Waals surface area contributed by atoms with Crippen molar-refractivity contribution in [3.05, 3.63) is 53.8 Å². The second-order valence-corrected chi connectivity index (χ2v) is 4.79. The van der Waals surface area contributed by atoms with Crippen LogP contribution in [0.5, 0.6) is 0 Å². The molecule has 0 fully saturated rings. The number of benzene rings is 1. The zero-order valence-corrected chi connectivity index (χ0v) is 10.4. The lowest BCUT2D eigenvalue weighted by Crippen LogP contribution is -2.19. The highest BCUT2D eigenvalue weighted by Crippen LogP contribution is 2.34. The van der Waals surface area contributed by atoms with E-state index >= 15 is 0 Å². The van der Waals surface area contributed by atoms with Crippen LogP contribution in [0.3, 0.4) is 0 Å². The van der Waals surface area contributed by atoms with Gasteiger partial charge in [-0.25, -0.2) is 0 Å². The maximum Gasteiger partial charge on any atom is 0.227 e. The van der Waals surface area contributed by atoms with Gasteiger partial charge >= 0.3 is 0 Å². The second kappa shape index (κ2) is 4.21. The van der Waals surface area contributed by atoms with Gasteiger partial charge in [0.15, 0.2) is 5.76 Å². The fourth-order valence-electron chi connectivity index (χ4n) is 2.00. The maximum absolute atomic E-state index is 12.2. The van der Waals surface area contributed by atoms with Gasteiger partial charge in [0.25, 0.3) is 0 Å². The van der Waals surface area contributed by atoms with Gasteiger partial charge in [-0.05, 0) is 11.6 Å². The van der Waals surface area contributed by atoms with Crippen LogP contribution < -0.4 is 0 Å². The highest BCUT2D eigenvalue weighted by atomic mass is 16.5. The first-order valence-corrected chi connectivity index (χ1v) is 5.63. The molecule has 0 spiro atoms. The quantitative estimate of drug-likeness (QED) is 0.777. The first-order valence-electron chi connectivity index (χ1n) is 5.63. The first-order chi connectivity index (χ1) is 8.03. The summed E-state index contributed by atoms with van der Waals surface area (Å²) in [4.78, 5) is 12.2. The number of hydrogen-bond donors (Lipinski definition) is 0. The standard InChI is InChI=1S/C15H16O2/c1-15(2)9-12(11-7-5-4-6-8-11)14(16)13(10-15)17-3/h4-10H,1-3H3. The van der Waals surface area contributed by atoms with Gasteiger partial charge in [-0.2, -0.15) is 0 Å². The minimum atomic E-state index is -0.162. The molecular formula is C15H16O2. The predicted molar refractivity (Wildman–Crippen MR) is 68.3 cm³/mol. The average Bonchev–Trinajstić information content (AvgIpc) is 2.33. The maximum atomic E-state index is 12.2. The number of Topliss-reactive ketones (excluding diaryl/α,β-unsaturated/α-hetero) is 1. The number of rotatable bonds is 2. The van der Waals surface area contributed by atoms with Crippen LogP contribution in [-0.4, -0.2) is 12.9 Å². The number of hydrogen-bond acceptors (Lipinski definition) is 2. The van der Waals surface area contributed by atoms with E-state index in [-0.39, 0.29) is 11.2 Å². The SMILES string of the molecule is COC1=CC(C)(C)C=C(c2ccccc2)C1=O. The molecule has 1 aliphatic rings. The van der Waals surface area contributed by atoms with Crippen molar-refractivity contribution in [3.8, 4) is 0 Å². The van der Waals surface area contributed by atoms with Crippen LogP contribution in [0.2, 0.25) is 0 Å². The zero-order valence-electron chi connectivity index (χ0n) is 10.4. The van der Waals surface area contributed by atoms with E-state index in [0.29, 0.717) is 5.76 Å². The number of allylic oxidation sites excluding steroid dienone is 3. The van der Waals surface area contributed by atoms with Gasteiger partial charge in [-0.1, -0.05) is 50.3 Å². The Morgan fingerprint density at radius 1 is 1.06 bits per heavy atom. The van der Waals surface area contributed by atoms with E-state index in [2.05, 4.69) is 13.8 Å². The third-order valence-electron chi connectivity index (χ3n) is 2.79. The van der Waals surface area contributed by atoms with Crippen molar-refractivity contribution < 1.29 is 9.53 Å². The molecule has 1 aliphatic carbocycles. The van der Waals surface area contributed by atoms with Crippen molar-refractivity contribution in [2.24, 2.45) is 5.41 Å². The molecular weight excluding hydrogens is 212 g/mol. The Bertz CT molecular complexity index is 493. The molecule has 0 heterocycles. The number of carbonyl (C=O) groups excluding carboxylic acids is 1. The molecule has 0 bridgehead atoms. The third-order valence-corrected chi connectivity index (χ3v) is 2.79. The lowest BCUT2D eigenvalue weighted by atomic mass is 9.82. The molecule has 17 heavy (non-hydrogen) atoms. The van der Waals surface area contributed by atoms with E-state index in [1.54, 1.807) is 0 Å². The summed E-state index contributed by atoms with van der Waals surface area (Å²) in [6.07, 6.45) is 3.86. The molecule has 2 rings (SSSR count). The summed E-state index contributed by atoms with van der Waals surface area (Å²) in [6.45, 7) is 4.11. The van der Waals surface area contributed by atoms with E-state index in [9.17, 15) is 4.79 Å². The predicted octanol–water partition coefficient (Wildman–Crippen LogP) is 3.21. The lowest BCUT2D eigenvalue weighted by Gasteiger charge is -2.24. The zero-order chi connectivity index (χ0) is 12.5. The van der Waals surface area contributed by atoms with Crippen molar-refractivity contribution in [1.82, 2.24) is 0 Å². The van der Waals surface area contributed by atoms with Crippen LogP contribution in [0.1, 0.15) is 19.4 Å². The third kappa shape index (κ3) is 2.31. The van der Waals surface area contributed by atoms with Crippen LogP contribution >= 0.6 is 0 Å². The molecule has 1 aromatic carbocycles. The van der Waals surface area contributed by atoms with Gasteiger partial charge in [-0.3, -0.25) is 4.79 Å². The normalized spacial score (nSPS) is 18.4. The second-order valence-electron chi connectivity index (χ2n) is 4.79. The van der Waals surface area contributed by atoms with Gasteiger partial charge in [0, 0.05) is 11.0 Å². The summed E-state index contributed by atoms with van der Waals surface area (Å²) in [7, 11) is 1.54. The van der Waals surface area contributed by atoms with Crippen molar-refractivity contribution in [3.63, 3.8) is 0 Å². The molecule has 0 amide bonds. The van der Waals surface area contributed by atoms with E-state index in [4.69, 9.17) is 4.74 Å². The Hall–Kier alpha value is -1.83. The molecule has 0 N–H and O–H groups in total. The molecule has 0 radical (unpaired) electrons. The molecule has 0 aromatic heterocycles. The van der Waals surface area contributed by atoms with Gasteiger partial charge in [-0.15, -0.1) is 0 Å². The van der Waals surface area contributed by atoms with Crippen molar-refractivity contribution in [2.75, 3.05) is 7.11 Å². The number of methoxy groups -OCH3 is 1. The molecule has 0 saturated carbocycles. The summed E-state index contributed by atoms with van der Waals surface area (Å²) in [5.74, 6) is 0.384. The number of ether oxygens (including phenoxy) is 1. The minimum Gasteiger partial charge on any atom is -0.493 e. The monoisotopic (exact) mass is 228 g/mol. The molecule has 0 aliphatic heterocycles. The fourth-order valence-corrected chi connectivity index (χ4v) is 2.00. The number of ketones is 1. The summed E-state index contributed by atoms with van der Waals surface area (Å²) < 4.78 is 5.16. The van der Waals surface area contributed by atoms with Crippen molar-refractivity contribution in [1.29, 1.82) is 0 Å². The van der Waals surface area contributed by atoms with E-state index in [0.717, 1.165) is 11.1 Å². The van der Waals surface area contributed by atoms with Gasteiger partial charge in [0.05, 0.1) is 7.11 Å². The van der Waals surface area contributed by atoms with Crippen LogP contribution in [0, 0.1) is 5.41 Å². The molecule has 2 nitrogen and oxygen atoms in total. The van der Waals surface area contributed by atoms with Crippen LogP contribution in [-0.2, 0) is 9.53 Å². The largest absolute Gasteiger partial charge is 0.493 e. The molecule has 1 aromatic rings. The summed E-state index contributed by atoms with van der Waals surface area (Å²) in [6, 6.07) is 9.69. The van der Waals surface area contributed by atoms with Gasteiger partial charge < -0.3 is 4.74 Å². The van der Waals surface area contributed by atoms with Crippen LogP contribution in [0.4, 0.5) is 0 Å². The Labute approximate surface area is 102 Å². The highest BCUT2D eigenvalue weighted by molar-refractivity contribution is 6.28. The van der Waals surface area contributed by atoms with E-state index in [1.807, 2.05) is 42.5 Å². The highest BCUT2D eigenvalue weighted by Gasteiger charge is 2.28. The van der Waals surface area contributed by atoms with Gasteiger partial charge in [0.1, 0.15) is 0 Å². The fraction of sp³-hybridized carbons (Fsp3) is 0.267. The molecule has 88 valence electrons. The Morgan fingerprint density at radius 3 is 2.29 bits per heavy atom. The Morgan fingerprint density at radius 2 is 1.71 bits per heavy atom. The topological polar surface area (TPSA) is 26.3 Å². The summed E-state index contributed by atoms with van der Waals surface area (Å²) >= 11 is 0. The summed E-state index contributed by atoms with van der Waals surface area (Å²) in [5.41, 5.74) is 1.49. The Kier molecular flexibility index (Phi) is 2.88. The Balaban J connectivity index is 2.48. The summed E-state index contributed by atoms with van der Waals surface area (Å²) in [5, 5.41) is 0. The average molecular weight is 228 g/mol. The molecule has 2 heteroatoms. The van der Waals surface area contributed by atoms with Gasteiger partial charge in [0.2, 0.25) is 5.78 Å². The van der Waals surface area contributed by atoms with Crippen molar-refractivity contribution in [2.45, 2.75) is 13.8 Å².